The van der Waals surface area contributed by atoms with Crippen molar-refractivity contribution in [3.63, 3.8) is 0 Å². The highest BCUT2D eigenvalue weighted by atomic mass is 79.9. The molecule has 6 nitrogen and oxygen atoms in total. The molecule has 0 bridgehead atoms. The van der Waals surface area contributed by atoms with Crippen LogP contribution in [0.4, 0.5) is 0 Å². The van der Waals surface area contributed by atoms with Gasteiger partial charge in [0.2, 0.25) is 0 Å². The molecule has 2 rings (SSSR count). The molecule has 0 saturated carbocycles. The van der Waals surface area contributed by atoms with Crippen molar-refractivity contribution < 1.29 is 9.47 Å². The SMILES string of the molecule is N=C(N)c1ccc(OCCCCCCOc2ccc(C(=N)N)cc2Br)c(Br)c1. The summed E-state index contributed by atoms with van der Waals surface area (Å²) in [7, 11) is 0. The summed E-state index contributed by atoms with van der Waals surface area (Å²) in [5.74, 6) is 1.59. The Labute approximate surface area is 181 Å². The fourth-order valence-electron chi connectivity index (χ4n) is 2.49. The maximum atomic E-state index is 7.43. The highest BCUT2D eigenvalue weighted by Crippen LogP contribution is 2.27. The number of benzene rings is 2. The van der Waals surface area contributed by atoms with Crippen LogP contribution in [0.2, 0.25) is 0 Å². The van der Waals surface area contributed by atoms with Crippen LogP contribution in [0.3, 0.4) is 0 Å². The van der Waals surface area contributed by atoms with E-state index in [-0.39, 0.29) is 11.7 Å². The number of nitrogens with one attached hydrogen (secondary N) is 2. The highest BCUT2D eigenvalue weighted by Gasteiger charge is 2.06. The molecule has 0 heterocycles. The number of amidine groups is 2. The fraction of sp³-hybridized carbons (Fsp3) is 0.300. The largest absolute Gasteiger partial charge is 0.492 e. The smallest absolute Gasteiger partial charge is 0.133 e. The molecule has 0 amide bonds. The van der Waals surface area contributed by atoms with Gasteiger partial charge in [0.1, 0.15) is 23.2 Å². The third-order valence-electron chi connectivity index (χ3n) is 4.04. The molecule has 150 valence electrons. The average Bonchev–Trinajstić information content (AvgIpc) is 2.65. The molecule has 0 radical (unpaired) electrons. The Morgan fingerprint density at radius 2 is 1.11 bits per heavy atom. The maximum absolute atomic E-state index is 7.43. The summed E-state index contributed by atoms with van der Waals surface area (Å²) in [5.41, 5.74) is 12.3. The van der Waals surface area contributed by atoms with Gasteiger partial charge in [0.05, 0.1) is 22.2 Å². The third-order valence-corrected chi connectivity index (χ3v) is 5.28. The summed E-state index contributed by atoms with van der Waals surface area (Å²) in [6, 6.07) is 10.8. The topological polar surface area (TPSA) is 118 Å². The average molecular weight is 512 g/mol. The first kappa shape index (κ1) is 22.2. The minimum atomic E-state index is 0.0382. The Hall–Kier alpha value is -2.06. The number of nitrogen functional groups attached to an aromatic ring is 2. The molecule has 8 heteroatoms. The van der Waals surface area contributed by atoms with Gasteiger partial charge in [-0.1, -0.05) is 0 Å². The van der Waals surface area contributed by atoms with E-state index < -0.39 is 0 Å². The van der Waals surface area contributed by atoms with Gasteiger partial charge in [-0.2, -0.15) is 0 Å². The molecule has 0 spiro atoms. The Bertz CT molecular complexity index is 773. The van der Waals surface area contributed by atoms with Crippen molar-refractivity contribution in [3.05, 3.63) is 56.5 Å². The van der Waals surface area contributed by atoms with Crippen molar-refractivity contribution in [2.75, 3.05) is 13.2 Å². The molecule has 2 aromatic carbocycles. The summed E-state index contributed by atoms with van der Waals surface area (Å²) in [4.78, 5) is 0. The maximum Gasteiger partial charge on any atom is 0.133 e. The second-order valence-corrected chi connectivity index (χ2v) is 7.94. The van der Waals surface area contributed by atoms with Gasteiger partial charge in [-0.3, -0.25) is 10.8 Å². The Kier molecular flexibility index (Phi) is 8.79. The number of halogens is 2. The second-order valence-electron chi connectivity index (χ2n) is 6.23. The molecule has 0 saturated heterocycles. The van der Waals surface area contributed by atoms with Crippen molar-refractivity contribution in [1.29, 1.82) is 10.8 Å². The molecule has 0 fully saturated rings. The predicted molar refractivity (Wildman–Crippen MR) is 120 cm³/mol. The lowest BCUT2D eigenvalue weighted by molar-refractivity contribution is 0.286. The lowest BCUT2D eigenvalue weighted by Gasteiger charge is -2.10. The van der Waals surface area contributed by atoms with E-state index >= 15 is 0 Å². The van der Waals surface area contributed by atoms with Crippen molar-refractivity contribution >= 4 is 43.5 Å². The third kappa shape index (κ3) is 6.83. The van der Waals surface area contributed by atoms with E-state index in [9.17, 15) is 0 Å². The quantitative estimate of drug-likeness (QED) is 0.197. The van der Waals surface area contributed by atoms with Crippen LogP contribution in [0.1, 0.15) is 36.8 Å². The summed E-state index contributed by atoms with van der Waals surface area (Å²) in [6.45, 7) is 1.27. The predicted octanol–water partition coefficient (Wildman–Crippen LogP) is 4.80. The van der Waals surface area contributed by atoms with E-state index in [4.69, 9.17) is 31.8 Å². The van der Waals surface area contributed by atoms with Crippen LogP contribution >= 0.6 is 31.9 Å². The normalized spacial score (nSPS) is 10.5. The lowest BCUT2D eigenvalue weighted by Crippen LogP contribution is -2.11. The van der Waals surface area contributed by atoms with Crippen molar-refractivity contribution in [1.82, 2.24) is 0 Å². The van der Waals surface area contributed by atoms with Gasteiger partial charge in [-0.05, 0) is 93.9 Å². The number of unbranched alkanes of at least 4 members (excludes halogenated alkanes) is 3. The molecule has 0 aliphatic rings. The van der Waals surface area contributed by atoms with Crippen molar-refractivity contribution in [3.8, 4) is 11.5 Å². The van der Waals surface area contributed by atoms with E-state index in [0.717, 1.165) is 46.1 Å². The van der Waals surface area contributed by atoms with Crippen molar-refractivity contribution in [2.24, 2.45) is 11.5 Å². The highest BCUT2D eigenvalue weighted by molar-refractivity contribution is 9.10. The minimum absolute atomic E-state index is 0.0382. The number of hydrogen-bond acceptors (Lipinski definition) is 4. The van der Waals surface area contributed by atoms with Gasteiger partial charge in [-0.15, -0.1) is 0 Å². The molecule has 0 atom stereocenters. The molecule has 0 aliphatic carbocycles. The number of ether oxygens (including phenoxy) is 2. The summed E-state index contributed by atoms with van der Waals surface area (Å²) in [6.07, 6.45) is 4.02. The van der Waals surface area contributed by atoms with E-state index in [2.05, 4.69) is 31.9 Å². The van der Waals surface area contributed by atoms with Crippen LogP contribution in [0.15, 0.2) is 45.3 Å². The molecule has 28 heavy (non-hydrogen) atoms. The molecular formula is C20H24Br2N4O2. The van der Waals surface area contributed by atoms with E-state index in [1.165, 1.54) is 0 Å². The van der Waals surface area contributed by atoms with Crippen LogP contribution < -0.4 is 20.9 Å². The minimum Gasteiger partial charge on any atom is -0.492 e. The van der Waals surface area contributed by atoms with Gasteiger partial charge >= 0.3 is 0 Å². The zero-order valence-electron chi connectivity index (χ0n) is 15.4. The van der Waals surface area contributed by atoms with Gasteiger partial charge in [0.15, 0.2) is 0 Å². The van der Waals surface area contributed by atoms with E-state index in [1.807, 2.05) is 12.1 Å². The Morgan fingerprint density at radius 3 is 1.43 bits per heavy atom. The van der Waals surface area contributed by atoms with E-state index in [1.54, 1.807) is 24.3 Å². The zero-order chi connectivity index (χ0) is 20.5. The van der Waals surface area contributed by atoms with Gasteiger partial charge < -0.3 is 20.9 Å². The fourth-order valence-corrected chi connectivity index (χ4v) is 3.48. The van der Waals surface area contributed by atoms with Crippen LogP contribution in [0.25, 0.3) is 0 Å². The van der Waals surface area contributed by atoms with Gasteiger partial charge in [-0.25, -0.2) is 0 Å². The number of hydrogen-bond donors (Lipinski definition) is 4. The lowest BCUT2D eigenvalue weighted by atomic mass is 10.2. The van der Waals surface area contributed by atoms with E-state index in [0.29, 0.717) is 24.3 Å². The zero-order valence-corrected chi connectivity index (χ0v) is 18.6. The summed E-state index contributed by atoms with van der Waals surface area (Å²) >= 11 is 6.89. The van der Waals surface area contributed by atoms with Gasteiger partial charge in [0, 0.05) is 11.1 Å². The second kappa shape index (κ2) is 11.1. The summed E-state index contributed by atoms with van der Waals surface area (Å²) < 4.78 is 13.1. The Balaban J connectivity index is 1.61. The first-order valence-corrected chi connectivity index (χ1v) is 10.5. The number of rotatable bonds is 11. The summed E-state index contributed by atoms with van der Waals surface area (Å²) in [5, 5.41) is 14.9. The Morgan fingerprint density at radius 1 is 0.714 bits per heavy atom. The molecule has 6 N–H and O–H groups in total. The first-order chi connectivity index (χ1) is 13.4. The molecule has 0 aromatic heterocycles. The molecule has 0 aliphatic heterocycles. The van der Waals surface area contributed by atoms with Crippen LogP contribution in [-0.4, -0.2) is 24.9 Å². The monoisotopic (exact) mass is 510 g/mol. The molecule has 2 aromatic rings. The molecular weight excluding hydrogens is 488 g/mol. The van der Waals surface area contributed by atoms with Crippen LogP contribution in [0, 0.1) is 10.8 Å². The van der Waals surface area contributed by atoms with Crippen LogP contribution in [0.5, 0.6) is 11.5 Å². The van der Waals surface area contributed by atoms with Gasteiger partial charge in [0.25, 0.3) is 0 Å². The number of nitrogens with two attached hydrogens (primary N) is 2. The van der Waals surface area contributed by atoms with Crippen molar-refractivity contribution in [2.45, 2.75) is 25.7 Å². The van der Waals surface area contributed by atoms with Crippen LogP contribution in [-0.2, 0) is 0 Å². The first-order valence-electron chi connectivity index (χ1n) is 8.92. The molecule has 0 unspecified atom stereocenters. The standard InChI is InChI=1S/C20H24Br2N4O2/c21-15-11-13(19(23)24)5-7-17(15)27-9-3-1-2-4-10-28-18-8-6-14(20(25)26)12-16(18)22/h5-8,11-12H,1-4,9-10H2,(H3,23,24)(H3,25,26).